The van der Waals surface area contributed by atoms with Crippen molar-refractivity contribution >= 4 is 23.2 Å². The number of likely N-dealkylation sites (N-methyl/N-ethyl adjacent to an activating group) is 1. The van der Waals surface area contributed by atoms with Crippen LogP contribution in [0.15, 0.2) is 34.4 Å². The van der Waals surface area contributed by atoms with Gasteiger partial charge in [0.2, 0.25) is 5.91 Å². The average Bonchev–Trinajstić information content (AvgIpc) is 3.27. The van der Waals surface area contributed by atoms with E-state index in [1.54, 1.807) is 22.9 Å². The van der Waals surface area contributed by atoms with Gasteiger partial charge in [-0.3, -0.25) is 9.59 Å². The fourth-order valence-electron chi connectivity index (χ4n) is 2.87. The molecule has 1 aliphatic heterocycles. The Hall–Kier alpha value is -2.15. The van der Waals surface area contributed by atoms with Gasteiger partial charge in [-0.2, -0.15) is 0 Å². The summed E-state index contributed by atoms with van der Waals surface area (Å²) in [4.78, 5) is 29.5. The van der Waals surface area contributed by atoms with E-state index >= 15 is 0 Å². The Morgan fingerprint density at radius 3 is 3.00 bits per heavy atom. The van der Waals surface area contributed by atoms with Crippen LogP contribution in [0.5, 0.6) is 0 Å². The summed E-state index contributed by atoms with van der Waals surface area (Å²) in [5, 5.41) is 5.71. The third kappa shape index (κ3) is 3.44. The number of hydrogen-bond donors (Lipinski definition) is 0. The summed E-state index contributed by atoms with van der Waals surface area (Å²) in [5.74, 6) is -0.0921. The van der Waals surface area contributed by atoms with Crippen LogP contribution in [0.25, 0.3) is 0 Å². The highest BCUT2D eigenvalue weighted by atomic mass is 32.1. The Morgan fingerprint density at radius 2 is 2.30 bits per heavy atom. The number of aromatic nitrogens is 1. The van der Waals surface area contributed by atoms with E-state index in [1.807, 2.05) is 17.5 Å². The standard InChI is InChI=1S/C16H19N3O3S/c1-18(11-12-7-9-22-17-12)15(20)13-5-2-3-8-19(13)16(21)14-6-4-10-23-14/h4,6-7,9-10,13H,2-3,5,8,11H2,1H3. The number of rotatable bonds is 4. The first-order valence-corrected chi connectivity index (χ1v) is 8.53. The second-order valence-electron chi connectivity index (χ2n) is 5.67. The number of carbonyl (C=O) groups is 2. The summed E-state index contributed by atoms with van der Waals surface area (Å²) < 4.78 is 4.80. The Balaban J connectivity index is 1.72. The highest BCUT2D eigenvalue weighted by Gasteiger charge is 2.34. The monoisotopic (exact) mass is 333 g/mol. The van der Waals surface area contributed by atoms with Crippen molar-refractivity contribution in [3.05, 3.63) is 40.4 Å². The van der Waals surface area contributed by atoms with Gasteiger partial charge in [0, 0.05) is 19.7 Å². The van der Waals surface area contributed by atoms with Gasteiger partial charge in [0.15, 0.2) is 0 Å². The molecule has 2 amide bonds. The lowest BCUT2D eigenvalue weighted by atomic mass is 10.0. The molecular weight excluding hydrogens is 314 g/mol. The number of amides is 2. The Morgan fingerprint density at radius 1 is 1.43 bits per heavy atom. The molecule has 0 N–H and O–H groups in total. The summed E-state index contributed by atoms with van der Waals surface area (Å²) in [5.41, 5.74) is 0.702. The minimum atomic E-state index is -0.393. The zero-order valence-corrected chi connectivity index (χ0v) is 13.8. The van der Waals surface area contributed by atoms with Gasteiger partial charge in [0.05, 0.1) is 11.4 Å². The molecule has 3 rings (SSSR count). The smallest absolute Gasteiger partial charge is 0.264 e. The molecule has 2 aromatic heterocycles. The highest BCUT2D eigenvalue weighted by molar-refractivity contribution is 7.12. The molecule has 0 spiro atoms. The molecule has 0 aliphatic carbocycles. The van der Waals surface area contributed by atoms with Gasteiger partial charge in [-0.1, -0.05) is 11.2 Å². The molecule has 0 saturated carbocycles. The molecular formula is C16H19N3O3S. The maximum absolute atomic E-state index is 12.8. The molecule has 6 nitrogen and oxygen atoms in total. The molecule has 0 aromatic carbocycles. The predicted octanol–water partition coefficient (Wildman–Crippen LogP) is 2.39. The maximum atomic E-state index is 12.8. The first kappa shape index (κ1) is 15.7. The quantitative estimate of drug-likeness (QED) is 0.862. The molecule has 122 valence electrons. The zero-order chi connectivity index (χ0) is 16.2. The van der Waals surface area contributed by atoms with Crippen LogP contribution in [0.4, 0.5) is 0 Å². The lowest BCUT2D eigenvalue weighted by Crippen LogP contribution is -2.52. The van der Waals surface area contributed by atoms with Crippen molar-refractivity contribution in [3.8, 4) is 0 Å². The molecule has 23 heavy (non-hydrogen) atoms. The number of thiophene rings is 1. The van der Waals surface area contributed by atoms with Crippen LogP contribution in [0, 0.1) is 0 Å². The van der Waals surface area contributed by atoms with E-state index in [-0.39, 0.29) is 11.8 Å². The van der Waals surface area contributed by atoms with Gasteiger partial charge in [0.1, 0.15) is 18.0 Å². The van der Waals surface area contributed by atoms with Crippen LogP contribution in [0.1, 0.15) is 34.6 Å². The van der Waals surface area contributed by atoms with E-state index in [4.69, 9.17) is 4.52 Å². The summed E-state index contributed by atoms with van der Waals surface area (Å²) in [6, 6.07) is 5.01. The van der Waals surface area contributed by atoms with Crippen molar-refractivity contribution in [2.45, 2.75) is 31.8 Å². The molecule has 1 atom stereocenters. The van der Waals surface area contributed by atoms with Crippen molar-refractivity contribution in [1.29, 1.82) is 0 Å². The lowest BCUT2D eigenvalue weighted by molar-refractivity contribution is -0.136. The summed E-state index contributed by atoms with van der Waals surface area (Å²) in [6.45, 7) is 1.01. The van der Waals surface area contributed by atoms with Crippen molar-refractivity contribution in [1.82, 2.24) is 15.0 Å². The first-order valence-electron chi connectivity index (χ1n) is 7.65. The normalized spacial score (nSPS) is 18.0. The number of hydrogen-bond acceptors (Lipinski definition) is 5. The molecule has 1 fully saturated rings. The van der Waals surface area contributed by atoms with Gasteiger partial charge >= 0.3 is 0 Å². The van der Waals surface area contributed by atoms with Gasteiger partial charge in [-0.25, -0.2) is 0 Å². The second-order valence-corrected chi connectivity index (χ2v) is 6.62. The fraction of sp³-hybridized carbons (Fsp3) is 0.438. The number of carbonyl (C=O) groups excluding carboxylic acids is 2. The Labute approximate surface area is 138 Å². The number of piperidine rings is 1. The lowest BCUT2D eigenvalue weighted by Gasteiger charge is -2.36. The topological polar surface area (TPSA) is 66.7 Å². The van der Waals surface area contributed by atoms with Crippen molar-refractivity contribution in [2.24, 2.45) is 0 Å². The van der Waals surface area contributed by atoms with Gasteiger partial charge in [-0.15, -0.1) is 11.3 Å². The van der Waals surface area contributed by atoms with Crippen LogP contribution in [0.3, 0.4) is 0 Å². The third-order valence-electron chi connectivity index (χ3n) is 4.05. The minimum Gasteiger partial charge on any atom is -0.364 e. The highest BCUT2D eigenvalue weighted by Crippen LogP contribution is 2.23. The van der Waals surface area contributed by atoms with E-state index in [9.17, 15) is 9.59 Å². The second kappa shape index (κ2) is 6.95. The Kier molecular flexibility index (Phi) is 4.76. The van der Waals surface area contributed by atoms with Crippen molar-refractivity contribution in [3.63, 3.8) is 0 Å². The van der Waals surface area contributed by atoms with Crippen molar-refractivity contribution < 1.29 is 14.1 Å². The van der Waals surface area contributed by atoms with Crippen LogP contribution in [-0.2, 0) is 11.3 Å². The maximum Gasteiger partial charge on any atom is 0.264 e. The molecule has 3 heterocycles. The minimum absolute atomic E-state index is 0.0439. The molecule has 1 aliphatic rings. The number of nitrogens with zero attached hydrogens (tertiary/aromatic N) is 3. The summed E-state index contributed by atoms with van der Waals surface area (Å²) >= 11 is 1.41. The fourth-order valence-corrected chi connectivity index (χ4v) is 3.55. The zero-order valence-electron chi connectivity index (χ0n) is 13.0. The summed E-state index contributed by atoms with van der Waals surface area (Å²) in [6.07, 6.45) is 4.09. The Bertz CT molecular complexity index is 654. The molecule has 0 radical (unpaired) electrons. The van der Waals surface area contributed by atoms with E-state index in [1.165, 1.54) is 17.6 Å². The van der Waals surface area contributed by atoms with Crippen molar-refractivity contribution in [2.75, 3.05) is 13.6 Å². The van der Waals surface area contributed by atoms with Crippen LogP contribution < -0.4 is 0 Å². The van der Waals surface area contributed by atoms with Crippen LogP contribution in [0.2, 0.25) is 0 Å². The van der Waals surface area contributed by atoms with E-state index in [0.717, 1.165) is 12.8 Å². The van der Waals surface area contributed by atoms with Gasteiger partial charge < -0.3 is 14.3 Å². The average molecular weight is 333 g/mol. The third-order valence-corrected chi connectivity index (χ3v) is 4.91. The van der Waals surface area contributed by atoms with E-state index in [0.29, 0.717) is 30.1 Å². The molecule has 2 aromatic rings. The first-order chi connectivity index (χ1) is 11.2. The van der Waals surface area contributed by atoms with Crippen LogP contribution >= 0.6 is 11.3 Å². The molecule has 7 heteroatoms. The van der Waals surface area contributed by atoms with Gasteiger partial charge in [0.25, 0.3) is 5.91 Å². The van der Waals surface area contributed by atoms with E-state index in [2.05, 4.69) is 5.16 Å². The summed E-state index contributed by atoms with van der Waals surface area (Å²) in [7, 11) is 1.74. The molecule has 1 unspecified atom stereocenters. The number of likely N-dealkylation sites (tertiary alicyclic amines) is 1. The largest absolute Gasteiger partial charge is 0.364 e. The SMILES string of the molecule is CN(Cc1ccon1)C(=O)C1CCCCN1C(=O)c1cccs1. The van der Waals surface area contributed by atoms with E-state index < -0.39 is 6.04 Å². The van der Waals surface area contributed by atoms with Gasteiger partial charge in [-0.05, 0) is 30.7 Å². The molecule has 0 bridgehead atoms. The van der Waals surface area contributed by atoms with Crippen LogP contribution in [-0.4, -0.2) is 46.4 Å². The molecule has 1 saturated heterocycles. The predicted molar refractivity (Wildman–Crippen MR) is 86.0 cm³/mol.